The predicted molar refractivity (Wildman–Crippen MR) is 74.6 cm³/mol. The lowest BCUT2D eigenvalue weighted by molar-refractivity contribution is 0.889. The summed E-state index contributed by atoms with van der Waals surface area (Å²) in [7, 11) is 0. The summed E-state index contributed by atoms with van der Waals surface area (Å²) in [6, 6.07) is 8.55. The number of rotatable bonds is 4. The highest BCUT2D eigenvalue weighted by Crippen LogP contribution is 2.25. The van der Waals surface area contributed by atoms with Crippen molar-refractivity contribution in [1.82, 2.24) is 4.98 Å². The fraction of sp³-hybridized carbons (Fsp3) is 0.400. The molecule has 1 N–H and O–H groups in total. The van der Waals surface area contributed by atoms with Crippen LogP contribution in [0.4, 0.5) is 5.69 Å². The van der Waals surface area contributed by atoms with E-state index in [1.54, 1.807) is 0 Å². The molecule has 1 heterocycles. The van der Waals surface area contributed by atoms with Gasteiger partial charge in [-0.1, -0.05) is 31.5 Å². The molecule has 17 heavy (non-hydrogen) atoms. The number of anilines is 1. The summed E-state index contributed by atoms with van der Waals surface area (Å²) in [6.07, 6.45) is 2.18. The van der Waals surface area contributed by atoms with Crippen LogP contribution in [-0.4, -0.2) is 11.5 Å². The molecule has 0 saturated heterocycles. The Kier molecular flexibility index (Phi) is 3.62. The van der Waals surface area contributed by atoms with Crippen LogP contribution in [0.1, 0.15) is 31.5 Å². The van der Waals surface area contributed by atoms with Gasteiger partial charge in [0.2, 0.25) is 0 Å². The van der Waals surface area contributed by atoms with Gasteiger partial charge in [0.25, 0.3) is 0 Å². The zero-order chi connectivity index (χ0) is 12.3. The molecule has 90 valence electrons. The van der Waals surface area contributed by atoms with Gasteiger partial charge in [-0.3, -0.25) is 4.98 Å². The van der Waals surface area contributed by atoms with Crippen molar-refractivity contribution in [3.63, 3.8) is 0 Å². The third kappa shape index (κ3) is 2.41. The topological polar surface area (TPSA) is 24.9 Å². The molecule has 0 aliphatic carbocycles. The van der Waals surface area contributed by atoms with E-state index in [-0.39, 0.29) is 0 Å². The second-order valence-electron chi connectivity index (χ2n) is 4.41. The second kappa shape index (κ2) is 5.17. The first-order valence-electron chi connectivity index (χ1n) is 6.39. The maximum Gasteiger partial charge on any atom is 0.0755 e. The molecule has 2 heteroatoms. The molecule has 0 bridgehead atoms. The van der Waals surface area contributed by atoms with E-state index >= 15 is 0 Å². The van der Waals surface area contributed by atoms with Gasteiger partial charge in [-0.2, -0.15) is 0 Å². The fourth-order valence-corrected chi connectivity index (χ4v) is 2.17. The third-order valence-corrected chi connectivity index (χ3v) is 2.97. The van der Waals surface area contributed by atoms with Crippen molar-refractivity contribution in [2.24, 2.45) is 0 Å². The standard InChI is InChI=1S/C15H20N2/c1-4-7-12-10-14(16-5-2)13-9-6-8-11(3)15(13)17-12/h6,8-10H,4-5,7H2,1-3H3,(H,16,17). The normalized spacial score (nSPS) is 10.8. The average Bonchev–Trinajstić information content (AvgIpc) is 2.31. The molecule has 0 spiro atoms. The number of para-hydroxylation sites is 1. The van der Waals surface area contributed by atoms with Crippen LogP contribution < -0.4 is 5.32 Å². The number of hydrogen-bond donors (Lipinski definition) is 1. The lowest BCUT2D eigenvalue weighted by atomic mass is 10.1. The molecule has 0 saturated carbocycles. The predicted octanol–water partition coefficient (Wildman–Crippen LogP) is 3.93. The first kappa shape index (κ1) is 11.9. The second-order valence-corrected chi connectivity index (χ2v) is 4.41. The maximum absolute atomic E-state index is 4.77. The van der Waals surface area contributed by atoms with Crippen LogP contribution in [0.3, 0.4) is 0 Å². The van der Waals surface area contributed by atoms with Gasteiger partial charge in [0.05, 0.1) is 5.52 Å². The van der Waals surface area contributed by atoms with Crippen LogP contribution in [0.2, 0.25) is 0 Å². The number of fused-ring (bicyclic) bond motifs is 1. The fourth-order valence-electron chi connectivity index (χ4n) is 2.17. The van der Waals surface area contributed by atoms with Crippen molar-refractivity contribution in [2.45, 2.75) is 33.6 Å². The summed E-state index contributed by atoms with van der Waals surface area (Å²) in [6.45, 7) is 7.39. The van der Waals surface area contributed by atoms with Crippen molar-refractivity contribution in [3.05, 3.63) is 35.5 Å². The van der Waals surface area contributed by atoms with E-state index in [0.29, 0.717) is 0 Å². The first-order valence-corrected chi connectivity index (χ1v) is 6.39. The van der Waals surface area contributed by atoms with E-state index in [9.17, 15) is 0 Å². The van der Waals surface area contributed by atoms with Gasteiger partial charge >= 0.3 is 0 Å². The first-order chi connectivity index (χ1) is 8.26. The number of nitrogens with zero attached hydrogens (tertiary/aromatic N) is 1. The molecule has 0 unspecified atom stereocenters. The number of aryl methyl sites for hydroxylation is 2. The Morgan fingerprint density at radius 1 is 1.24 bits per heavy atom. The molecule has 0 atom stereocenters. The third-order valence-electron chi connectivity index (χ3n) is 2.97. The summed E-state index contributed by atoms with van der Waals surface area (Å²) in [5.41, 5.74) is 4.78. The van der Waals surface area contributed by atoms with Gasteiger partial charge in [0.1, 0.15) is 0 Å². The Hall–Kier alpha value is -1.57. The zero-order valence-electron chi connectivity index (χ0n) is 10.9. The van der Waals surface area contributed by atoms with Gasteiger partial charge in [-0.25, -0.2) is 0 Å². The molecule has 0 fully saturated rings. The molecular weight excluding hydrogens is 208 g/mol. The van der Waals surface area contributed by atoms with Crippen molar-refractivity contribution in [3.8, 4) is 0 Å². The van der Waals surface area contributed by atoms with Gasteiger partial charge in [-0.15, -0.1) is 0 Å². The van der Waals surface area contributed by atoms with Crippen LogP contribution >= 0.6 is 0 Å². The molecule has 2 nitrogen and oxygen atoms in total. The maximum atomic E-state index is 4.77. The lowest BCUT2D eigenvalue weighted by Crippen LogP contribution is -2.01. The van der Waals surface area contributed by atoms with Gasteiger partial charge in [0.15, 0.2) is 0 Å². The largest absolute Gasteiger partial charge is 0.385 e. The van der Waals surface area contributed by atoms with Crippen LogP contribution in [-0.2, 0) is 6.42 Å². The molecule has 0 aliphatic heterocycles. The summed E-state index contributed by atoms with van der Waals surface area (Å²) >= 11 is 0. The smallest absolute Gasteiger partial charge is 0.0755 e. The molecule has 1 aromatic heterocycles. The van der Waals surface area contributed by atoms with Gasteiger partial charge in [-0.05, 0) is 31.9 Å². The van der Waals surface area contributed by atoms with Gasteiger partial charge in [0, 0.05) is 23.3 Å². The minimum atomic E-state index is 0.943. The van der Waals surface area contributed by atoms with E-state index in [1.165, 1.54) is 22.3 Å². The van der Waals surface area contributed by atoms with Crippen molar-refractivity contribution in [2.75, 3.05) is 11.9 Å². The van der Waals surface area contributed by atoms with Crippen LogP contribution in [0.15, 0.2) is 24.3 Å². The SMILES string of the molecule is CCCc1cc(NCC)c2cccc(C)c2n1. The van der Waals surface area contributed by atoms with E-state index in [1.807, 2.05) is 0 Å². The number of hydrogen-bond acceptors (Lipinski definition) is 2. The molecule has 1 aromatic carbocycles. The molecule has 2 aromatic rings. The quantitative estimate of drug-likeness (QED) is 0.857. The van der Waals surface area contributed by atoms with E-state index in [2.05, 4.69) is 50.4 Å². The van der Waals surface area contributed by atoms with Crippen LogP contribution in [0, 0.1) is 6.92 Å². The minimum Gasteiger partial charge on any atom is -0.385 e. The summed E-state index contributed by atoms with van der Waals surface area (Å²) in [5.74, 6) is 0. The van der Waals surface area contributed by atoms with E-state index < -0.39 is 0 Å². The number of pyridine rings is 1. The Morgan fingerprint density at radius 3 is 2.76 bits per heavy atom. The van der Waals surface area contributed by atoms with Crippen molar-refractivity contribution < 1.29 is 0 Å². The van der Waals surface area contributed by atoms with E-state index in [0.717, 1.165) is 24.9 Å². The Labute approximate surface area is 103 Å². The minimum absolute atomic E-state index is 0.943. The highest BCUT2D eigenvalue weighted by molar-refractivity contribution is 5.93. The van der Waals surface area contributed by atoms with Crippen LogP contribution in [0.5, 0.6) is 0 Å². The molecule has 2 rings (SSSR count). The average molecular weight is 228 g/mol. The Balaban J connectivity index is 2.63. The Morgan fingerprint density at radius 2 is 2.06 bits per heavy atom. The van der Waals surface area contributed by atoms with Crippen molar-refractivity contribution >= 4 is 16.6 Å². The molecular formula is C15H20N2. The Bertz CT molecular complexity index is 518. The van der Waals surface area contributed by atoms with Gasteiger partial charge < -0.3 is 5.32 Å². The number of benzene rings is 1. The summed E-state index contributed by atoms with van der Waals surface area (Å²) in [5, 5.41) is 4.66. The van der Waals surface area contributed by atoms with E-state index in [4.69, 9.17) is 4.98 Å². The highest BCUT2D eigenvalue weighted by atomic mass is 14.9. The molecule has 0 aliphatic rings. The highest BCUT2D eigenvalue weighted by Gasteiger charge is 2.06. The molecule has 0 radical (unpaired) electrons. The van der Waals surface area contributed by atoms with Crippen molar-refractivity contribution in [1.29, 1.82) is 0 Å². The summed E-state index contributed by atoms with van der Waals surface area (Å²) in [4.78, 5) is 4.77. The number of nitrogens with one attached hydrogen (secondary N) is 1. The monoisotopic (exact) mass is 228 g/mol. The number of aromatic nitrogens is 1. The lowest BCUT2D eigenvalue weighted by Gasteiger charge is -2.11. The molecule has 0 amide bonds. The summed E-state index contributed by atoms with van der Waals surface area (Å²) < 4.78 is 0. The zero-order valence-corrected chi connectivity index (χ0v) is 10.9. The van der Waals surface area contributed by atoms with Crippen LogP contribution in [0.25, 0.3) is 10.9 Å².